The molecule has 0 fully saturated rings. The van der Waals surface area contributed by atoms with E-state index in [-0.39, 0.29) is 0 Å². The molecule has 0 saturated carbocycles. The lowest BCUT2D eigenvalue weighted by atomic mass is 10.1. The van der Waals surface area contributed by atoms with Crippen LogP contribution in [0.25, 0.3) is 11.3 Å². The molecule has 1 heterocycles. The van der Waals surface area contributed by atoms with E-state index < -0.39 is 0 Å². The van der Waals surface area contributed by atoms with Gasteiger partial charge in [-0.05, 0) is 24.6 Å². The van der Waals surface area contributed by atoms with Gasteiger partial charge in [-0.2, -0.15) is 0 Å². The maximum Gasteiger partial charge on any atom is 0.150 e. The minimum atomic E-state index is 0.361. The summed E-state index contributed by atoms with van der Waals surface area (Å²) in [4.78, 5) is 0. The van der Waals surface area contributed by atoms with E-state index in [1.807, 2.05) is 31.2 Å². The van der Waals surface area contributed by atoms with Gasteiger partial charge in [-0.15, -0.1) is 0 Å². The van der Waals surface area contributed by atoms with E-state index in [1.165, 1.54) is 0 Å². The SMILES string of the molecule is Cc1cc(-c2cc(CN)on2)ccc1Cl. The van der Waals surface area contributed by atoms with E-state index in [4.69, 9.17) is 21.9 Å². The zero-order valence-corrected chi connectivity index (χ0v) is 9.08. The van der Waals surface area contributed by atoms with Gasteiger partial charge >= 0.3 is 0 Å². The molecule has 78 valence electrons. The number of aryl methyl sites for hydroxylation is 1. The van der Waals surface area contributed by atoms with Crippen molar-refractivity contribution in [1.29, 1.82) is 0 Å². The predicted molar refractivity (Wildman–Crippen MR) is 59.6 cm³/mol. The van der Waals surface area contributed by atoms with Crippen LogP contribution in [-0.4, -0.2) is 5.16 Å². The van der Waals surface area contributed by atoms with Crippen molar-refractivity contribution >= 4 is 11.6 Å². The molecule has 0 amide bonds. The molecule has 1 aromatic heterocycles. The van der Waals surface area contributed by atoms with Crippen molar-refractivity contribution in [2.45, 2.75) is 13.5 Å². The highest BCUT2D eigenvalue weighted by molar-refractivity contribution is 6.31. The molecule has 0 unspecified atom stereocenters. The lowest BCUT2D eigenvalue weighted by Gasteiger charge is -1.99. The Balaban J connectivity index is 2.40. The van der Waals surface area contributed by atoms with Crippen LogP contribution in [0.15, 0.2) is 28.8 Å². The van der Waals surface area contributed by atoms with E-state index in [0.717, 1.165) is 21.8 Å². The largest absolute Gasteiger partial charge is 0.359 e. The van der Waals surface area contributed by atoms with Crippen molar-refractivity contribution in [2.24, 2.45) is 5.73 Å². The average Bonchev–Trinajstić information content (AvgIpc) is 2.70. The summed E-state index contributed by atoms with van der Waals surface area (Å²) in [6, 6.07) is 7.57. The normalized spacial score (nSPS) is 10.6. The number of benzene rings is 1. The number of nitrogens with two attached hydrogens (primary N) is 1. The molecule has 15 heavy (non-hydrogen) atoms. The van der Waals surface area contributed by atoms with E-state index in [2.05, 4.69) is 5.16 Å². The monoisotopic (exact) mass is 222 g/mol. The molecule has 2 rings (SSSR count). The Hall–Kier alpha value is -1.32. The van der Waals surface area contributed by atoms with Crippen LogP contribution in [0.3, 0.4) is 0 Å². The first-order valence-corrected chi connectivity index (χ1v) is 5.00. The summed E-state index contributed by atoms with van der Waals surface area (Å²) in [6.45, 7) is 2.31. The molecule has 1 aromatic carbocycles. The molecule has 3 nitrogen and oxygen atoms in total. The van der Waals surface area contributed by atoms with Crippen LogP contribution in [0.2, 0.25) is 5.02 Å². The fourth-order valence-electron chi connectivity index (χ4n) is 1.35. The Morgan fingerprint density at radius 2 is 2.20 bits per heavy atom. The van der Waals surface area contributed by atoms with Gasteiger partial charge in [-0.1, -0.05) is 22.8 Å². The second-order valence-corrected chi connectivity index (χ2v) is 3.75. The van der Waals surface area contributed by atoms with Crippen molar-refractivity contribution in [2.75, 3.05) is 0 Å². The van der Waals surface area contributed by atoms with Gasteiger partial charge < -0.3 is 10.3 Å². The lowest BCUT2D eigenvalue weighted by Crippen LogP contribution is -1.92. The Bertz CT molecular complexity index is 479. The molecule has 0 spiro atoms. The fourth-order valence-corrected chi connectivity index (χ4v) is 1.47. The van der Waals surface area contributed by atoms with Crippen molar-refractivity contribution in [3.63, 3.8) is 0 Å². The molecule has 0 aliphatic carbocycles. The third-order valence-corrected chi connectivity index (χ3v) is 2.64. The van der Waals surface area contributed by atoms with Crippen LogP contribution in [-0.2, 0) is 6.54 Å². The molecule has 0 aliphatic rings. The van der Waals surface area contributed by atoms with Gasteiger partial charge in [0.2, 0.25) is 0 Å². The van der Waals surface area contributed by atoms with Crippen LogP contribution in [0, 0.1) is 6.92 Å². The summed E-state index contributed by atoms with van der Waals surface area (Å²) < 4.78 is 5.03. The standard InChI is InChI=1S/C11H11ClN2O/c1-7-4-8(2-3-10(7)12)11-5-9(6-13)15-14-11/h2-5H,6,13H2,1H3. The van der Waals surface area contributed by atoms with Gasteiger partial charge in [-0.25, -0.2) is 0 Å². The highest BCUT2D eigenvalue weighted by Crippen LogP contribution is 2.24. The molecule has 4 heteroatoms. The first-order valence-electron chi connectivity index (χ1n) is 4.63. The van der Waals surface area contributed by atoms with Crippen LogP contribution < -0.4 is 5.73 Å². The third kappa shape index (κ3) is 2.03. The topological polar surface area (TPSA) is 52.0 Å². The molecular formula is C11H11ClN2O. The summed E-state index contributed by atoms with van der Waals surface area (Å²) in [5.41, 5.74) is 8.23. The van der Waals surface area contributed by atoms with Gasteiger partial charge in [0.05, 0.1) is 6.54 Å². The Kier molecular flexibility index (Phi) is 2.75. The number of rotatable bonds is 2. The number of halogens is 1. The summed E-state index contributed by atoms with van der Waals surface area (Å²) in [7, 11) is 0. The summed E-state index contributed by atoms with van der Waals surface area (Å²) in [6.07, 6.45) is 0. The molecule has 2 aromatic rings. The van der Waals surface area contributed by atoms with Crippen molar-refractivity contribution < 1.29 is 4.52 Å². The second kappa shape index (κ2) is 4.04. The minimum absolute atomic E-state index is 0.361. The second-order valence-electron chi connectivity index (χ2n) is 3.35. The van der Waals surface area contributed by atoms with Gasteiger partial charge in [0.1, 0.15) is 5.69 Å². The van der Waals surface area contributed by atoms with Gasteiger partial charge in [0.25, 0.3) is 0 Å². The molecule has 0 radical (unpaired) electrons. The first kappa shape index (κ1) is 10.2. The summed E-state index contributed by atoms with van der Waals surface area (Å²) >= 11 is 5.94. The van der Waals surface area contributed by atoms with Crippen LogP contribution >= 0.6 is 11.6 Å². The van der Waals surface area contributed by atoms with E-state index in [0.29, 0.717) is 12.3 Å². The van der Waals surface area contributed by atoms with Crippen molar-refractivity contribution in [3.05, 3.63) is 40.6 Å². The smallest absolute Gasteiger partial charge is 0.150 e. The number of hydrogen-bond acceptors (Lipinski definition) is 3. The quantitative estimate of drug-likeness (QED) is 0.850. The highest BCUT2D eigenvalue weighted by atomic mass is 35.5. The van der Waals surface area contributed by atoms with Crippen LogP contribution in [0.4, 0.5) is 0 Å². The lowest BCUT2D eigenvalue weighted by molar-refractivity contribution is 0.387. The van der Waals surface area contributed by atoms with Gasteiger partial charge in [0, 0.05) is 16.7 Å². The summed E-state index contributed by atoms with van der Waals surface area (Å²) in [5.74, 6) is 0.678. The predicted octanol–water partition coefficient (Wildman–Crippen LogP) is 2.76. The number of hydrogen-bond donors (Lipinski definition) is 1. The van der Waals surface area contributed by atoms with Crippen molar-refractivity contribution in [3.8, 4) is 11.3 Å². The average molecular weight is 223 g/mol. The third-order valence-electron chi connectivity index (χ3n) is 2.21. The van der Waals surface area contributed by atoms with Crippen LogP contribution in [0.5, 0.6) is 0 Å². The maximum absolute atomic E-state index is 5.94. The van der Waals surface area contributed by atoms with E-state index in [9.17, 15) is 0 Å². The molecular weight excluding hydrogens is 212 g/mol. The minimum Gasteiger partial charge on any atom is -0.359 e. The van der Waals surface area contributed by atoms with Crippen LogP contribution in [0.1, 0.15) is 11.3 Å². The zero-order valence-electron chi connectivity index (χ0n) is 8.33. The van der Waals surface area contributed by atoms with Crippen molar-refractivity contribution in [1.82, 2.24) is 5.16 Å². The molecule has 0 saturated heterocycles. The maximum atomic E-state index is 5.94. The Morgan fingerprint density at radius 3 is 2.80 bits per heavy atom. The zero-order chi connectivity index (χ0) is 10.8. The number of aromatic nitrogens is 1. The van der Waals surface area contributed by atoms with E-state index >= 15 is 0 Å². The number of nitrogens with zero attached hydrogens (tertiary/aromatic N) is 1. The molecule has 2 N–H and O–H groups in total. The highest BCUT2D eigenvalue weighted by Gasteiger charge is 2.06. The fraction of sp³-hybridized carbons (Fsp3) is 0.182. The molecule has 0 bridgehead atoms. The van der Waals surface area contributed by atoms with Gasteiger partial charge in [-0.3, -0.25) is 0 Å². The van der Waals surface area contributed by atoms with E-state index in [1.54, 1.807) is 0 Å². The Labute approximate surface area is 92.8 Å². The van der Waals surface area contributed by atoms with Gasteiger partial charge in [0.15, 0.2) is 5.76 Å². The Morgan fingerprint density at radius 1 is 1.40 bits per heavy atom. The molecule has 0 atom stereocenters. The first-order chi connectivity index (χ1) is 7.20. The molecule has 0 aliphatic heterocycles. The summed E-state index contributed by atoms with van der Waals surface area (Å²) in [5, 5.41) is 4.68.